The van der Waals surface area contributed by atoms with E-state index < -0.39 is 0 Å². The van der Waals surface area contributed by atoms with E-state index in [1.165, 1.54) is 0 Å². The molecule has 0 saturated heterocycles. The molecule has 0 spiro atoms. The number of halogens is 2. The topological polar surface area (TPSA) is 27.0 Å². The third kappa shape index (κ3) is 3.09. The van der Waals surface area contributed by atoms with Gasteiger partial charge in [0.15, 0.2) is 0 Å². The lowest BCUT2D eigenvalue weighted by molar-refractivity contribution is 1.19. The third-order valence-electron chi connectivity index (χ3n) is 2.89. The van der Waals surface area contributed by atoms with E-state index in [1.54, 1.807) is 6.07 Å². The Labute approximate surface area is 126 Å². The minimum absolute atomic E-state index is 0.493. The first-order chi connectivity index (χ1) is 9.15. The monoisotopic (exact) mass is 334 g/mol. The van der Waals surface area contributed by atoms with Crippen molar-refractivity contribution in [2.75, 3.05) is 11.9 Å². The molecule has 0 heterocycles. The van der Waals surface area contributed by atoms with Crippen LogP contribution in [0, 0.1) is 11.3 Å². The molecule has 2 rings (SSSR count). The number of anilines is 2. The predicted molar refractivity (Wildman–Crippen MR) is 82.9 cm³/mol. The maximum absolute atomic E-state index is 8.94. The lowest BCUT2D eigenvalue weighted by Crippen LogP contribution is -2.10. The molecule has 2 nitrogen and oxygen atoms in total. The average Bonchev–Trinajstić information content (AvgIpc) is 2.46. The van der Waals surface area contributed by atoms with Gasteiger partial charge in [-0.15, -0.1) is 11.6 Å². The molecule has 0 N–H and O–H groups in total. The Kier molecular flexibility index (Phi) is 4.47. The highest BCUT2D eigenvalue weighted by atomic mass is 79.9. The van der Waals surface area contributed by atoms with Crippen LogP contribution < -0.4 is 4.90 Å². The van der Waals surface area contributed by atoms with Gasteiger partial charge in [0.05, 0.1) is 17.3 Å². The summed E-state index contributed by atoms with van der Waals surface area (Å²) in [7, 11) is 1.97. The summed E-state index contributed by atoms with van der Waals surface area (Å²) in [5.41, 5.74) is 3.72. The van der Waals surface area contributed by atoms with E-state index in [9.17, 15) is 0 Å². The first kappa shape index (κ1) is 13.9. The Balaban J connectivity index is 2.38. The van der Waals surface area contributed by atoms with E-state index in [1.807, 2.05) is 48.3 Å². The number of alkyl halides is 1. The fourth-order valence-electron chi connectivity index (χ4n) is 1.83. The summed E-state index contributed by atoms with van der Waals surface area (Å²) in [6.07, 6.45) is 0. The Morgan fingerprint density at radius 1 is 1.26 bits per heavy atom. The summed E-state index contributed by atoms with van der Waals surface area (Å²) in [5, 5.41) is 8.94. The van der Waals surface area contributed by atoms with E-state index in [4.69, 9.17) is 16.9 Å². The van der Waals surface area contributed by atoms with Gasteiger partial charge in [-0.25, -0.2) is 0 Å². The van der Waals surface area contributed by atoms with Gasteiger partial charge in [0.2, 0.25) is 0 Å². The van der Waals surface area contributed by atoms with Crippen LogP contribution in [0.3, 0.4) is 0 Å². The number of rotatable bonds is 3. The quantitative estimate of drug-likeness (QED) is 0.751. The number of hydrogen-bond acceptors (Lipinski definition) is 2. The van der Waals surface area contributed by atoms with Gasteiger partial charge in [0, 0.05) is 23.1 Å². The molecule has 2 aromatic carbocycles. The standard InChI is InChI=1S/C15H12BrClN2/c1-19(13-4-2-3-12(7-13)10-18)15-6-5-11(9-17)8-14(15)16/h2-8H,9H2,1H3. The molecule has 4 heteroatoms. The zero-order valence-electron chi connectivity index (χ0n) is 10.4. The van der Waals surface area contributed by atoms with E-state index in [-0.39, 0.29) is 0 Å². The molecule has 0 aliphatic carbocycles. The molecule has 0 bridgehead atoms. The number of benzene rings is 2. The minimum atomic E-state index is 0.493. The summed E-state index contributed by atoms with van der Waals surface area (Å²) in [5.74, 6) is 0.493. The van der Waals surface area contributed by atoms with Crippen molar-refractivity contribution in [2.45, 2.75) is 5.88 Å². The van der Waals surface area contributed by atoms with Crippen LogP contribution in [-0.4, -0.2) is 7.05 Å². The molecule has 0 fully saturated rings. The molecule has 0 unspecified atom stereocenters. The zero-order chi connectivity index (χ0) is 13.8. The maximum Gasteiger partial charge on any atom is 0.0992 e. The van der Waals surface area contributed by atoms with Gasteiger partial charge >= 0.3 is 0 Å². The highest BCUT2D eigenvalue weighted by molar-refractivity contribution is 9.10. The second-order valence-electron chi connectivity index (χ2n) is 4.14. The first-order valence-corrected chi connectivity index (χ1v) is 7.06. The van der Waals surface area contributed by atoms with Crippen molar-refractivity contribution in [3.05, 3.63) is 58.1 Å². The van der Waals surface area contributed by atoms with Crippen LogP contribution in [0.5, 0.6) is 0 Å². The molecule has 0 aromatic heterocycles. The van der Waals surface area contributed by atoms with Crippen LogP contribution in [0.4, 0.5) is 11.4 Å². The van der Waals surface area contributed by atoms with Gasteiger partial charge in [-0.3, -0.25) is 0 Å². The Morgan fingerprint density at radius 3 is 2.68 bits per heavy atom. The number of nitrogens with zero attached hydrogens (tertiary/aromatic N) is 2. The lowest BCUT2D eigenvalue weighted by Gasteiger charge is -2.21. The summed E-state index contributed by atoms with van der Waals surface area (Å²) < 4.78 is 0.982. The molecular formula is C15H12BrClN2. The fraction of sp³-hybridized carbons (Fsp3) is 0.133. The van der Waals surface area contributed by atoms with Crippen molar-refractivity contribution in [1.82, 2.24) is 0 Å². The molecule has 96 valence electrons. The molecule has 0 amide bonds. The van der Waals surface area contributed by atoms with Crippen LogP contribution in [0.25, 0.3) is 0 Å². The third-order valence-corrected chi connectivity index (χ3v) is 3.83. The van der Waals surface area contributed by atoms with Gasteiger partial charge in [0.1, 0.15) is 0 Å². The predicted octanol–water partition coefficient (Wildman–Crippen LogP) is 4.83. The summed E-state index contributed by atoms with van der Waals surface area (Å²) in [6.45, 7) is 0. The molecule has 0 saturated carbocycles. The second kappa shape index (κ2) is 6.10. The van der Waals surface area contributed by atoms with Crippen molar-refractivity contribution in [1.29, 1.82) is 5.26 Å². The normalized spacial score (nSPS) is 10.0. The van der Waals surface area contributed by atoms with E-state index in [2.05, 4.69) is 22.0 Å². The van der Waals surface area contributed by atoms with Crippen LogP contribution in [0.1, 0.15) is 11.1 Å². The lowest BCUT2D eigenvalue weighted by atomic mass is 10.1. The molecule has 0 radical (unpaired) electrons. The molecule has 2 aromatic rings. The van der Waals surface area contributed by atoms with Crippen LogP contribution >= 0.6 is 27.5 Å². The van der Waals surface area contributed by atoms with Crippen molar-refractivity contribution in [3.8, 4) is 6.07 Å². The van der Waals surface area contributed by atoms with Crippen molar-refractivity contribution >= 4 is 38.9 Å². The minimum Gasteiger partial charge on any atom is -0.344 e. The Bertz CT molecular complexity index is 634. The van der Waals surface area contributed by atoms with Crippen LogP contribution in [0.2, 0.25) is 0 Å². The molecule has 0 atom stereocenters. The van der Waals surface area contributed by atoms with E-state index >= 15 is 0 Å². The van der Waals surface area contributed by atoms with Crippen LogP contribution in [0.15, 0.2) is 46.9 Å². The van der Waals surface area contributed by atoms with Crippen molar-refractivity contribution in [3.63, 3.8) is 0 Å². The Morgan fingerprint density at radius 2 is 2.05 bits per heavy atom. The SMILES string of the molecule is CN(c1cccc(C#N)c1)c1ccc(CCl)cc1Br. The summed E-state index contributed by atoms with van der Waals surface area (Å²) >= 11 is 9.37. The molecule has 0 aliphatic rings. The largest absolute Gasteiger partial charge is 0.344 e. The second-order valence-corrected chi connectivity index (χ2v) is 5.26. The molecule has 0 aliphatic heterocycles. The summed E-state index contributed by atoms with van der Waals surface area (Å²) in [4.78, 5) is 2.03. The zero-order valence-corrected chi connectivity index (χ0v) is 12.7. The highest BCUT2D eigenvalue weighted by Crippen LogP contribution is 2.32. The average molecular weight is 336 g/mol. The van der Waals surface area contributed by atoms with Crippen LogP contribution in [-0.2, 0) is 5.88 Å². The summed E-state index contributed by atoms with van der Waals surface area (Å²) in [6, 6.07) is 15.7. The number of hydrogen-bond donors (Lipinski definition) is 0. The smallest absolute Gasteiger partial charge is 0.0992 e. The van der Waals surface area contributed by atoms with E-state index in [0.29, 0.717) is 11.4 Å². The van der Waals surface area contributed by atoms with Crippen molar-refractivity contribution < 1.29 is 0 Å². The first-order valence-electron chi connectivity index (χ1n) is 5.74. The highest BCUT2D eigenvalue weighted by Gasteiger charge is 2.09. The van der Waals surface area contributed by atoms with Gasteiger partial charge in [-0.05, 0) is 51.8 Å². The van der Waals surface area contributed by atoms with Gasteiger partial charge < -0.3 is 4.90 Å². The molecule has 19 heavy (non-hydrogen) atoms. The fourth-order valence-corrected chi connectivity index (χ4v) is 2.69. The maximum atomic E-state index is 8.94. The van der Waals surface area contributed by atoms with Crippen molar-refractivity contribution in [2.24, 2.45) is 0 Å². The van der Waals surface area contributed by atoms with Gasteiger partial charge in [0.25, 0.3) is 0 Å². The van der Waals surface area contributed by atoms with Gasteiger partial charge in [-0.1, -0.05) is 12.1 Å². The Hall–Kier alpha value is -1.50. The molecular weight excluding hydrogens is 324 g/mol. The van der Waals surface area contributed by atoms with Gasteiger partial charge in [-0.2, -0.15) is 5.26 Å². The van der Waals surface area contributed by atoms with E-state index in [0.717, 1.165) is 21.4 Å². The number of nitriles is 1.